The SMILES string of the molecule is O=C(Cc1sc(NC2CC3C=CC2C3)nc1O)N(Cc1ccccc1)c1ccccc1. The number of para-hydroxylation sites is 1. The van der Waals surface area contributed by atoms with Crippen LogP contribution in [0.2, 0.25) is 0 Å². The van der Waals surface area contributed by atoms with Gasteiger partial charge in [-0.1, -0.05) is 72.0 Å². The number of fused-ring (bicyclic) bond motifs is 2. The fraction of sp³-hybridized carbons (Fsp3) is 0.280. The first-order valence-electron chi connectivity index (χ1n) is 10.7. The van der Waals surface area contributed by atoms with E-state index < -0.39 is 0 Å². The minimum atomic E-state index is -0.0663. The molecule has 1 amide bonds. The number of nitrogens with one attached hydrogen (secondary N) is 1. The average Bonchev–Trinajstić information content (AvgIpc) is 3.50. The summed E-state index contributed by atoms with van der Waals surface area (Å²) in [5, 5.41) is 14.6. The highest BCUT2D eigenvalue weighted by Gasteiger charge is 2.36. The number of aromatic nitrogens is 1. The molecule has 0 radical (unpaired) electrons. The summed E-state index contributed by atoms with van der Waals surface area (Å²) in [6.45, 7) is 0.478. The Kier molecular flexibility index (Phi) is 5.47. The van der Waals surface area contributed by atoms with E-state index in [9.17, 15) is 9.90 Å². The Morgan fingerprint density at radius 3 is 2.48 bits per heavy atom. The van der Waals surface area contributed by atoms with Gasteiger partial charge in [0.2, 0.25) is 11.8 Å². The number of hydrogen-bond acceptors (Lipinski definition) is 5. The largest absolute Gasteiger partial charge is 0.492 e. The quantitative estimate of drug-likeness (QED) is 0.517. The van der Waals surface area contributed by atoms with Gasteiger partial charge in [0, 0.05) is 11.7 Å². The molecule has 2 N–H and O–H groups in total. The summed E-state index contributed by atoms with van der Waals surface area (Å²) in [7, 11) is 0. The zero-order chi connectivity index (χ0) is 21.2. The molecule has 2 bridgehead atoms. The highest BCUT2D eigenvalue weighted by atomic mass is 32.1. The summed E-state index contributed by atoms with van der Waals surface area (Å²) >= 11 is 1.38. The molecule has 5 nitrogen and oxygen atoms in total. The molecule has 0 saturated heterocycles. The highest BCUT2D eigenvalue weighted by Crippen LogP contribution is 2.41. The Hall–Kier alpha value is -3.12. The molecule has 2 aliphatic carbocycles. The third kappa shape index (κ3) is 4.35. The fourth-order valence-corrected chi connectivity index (χ4v) is 5.46. The number of allylic oxidation sites excluding steroid dienone is 1. The maximum Gasteiger partial charge on any atom is 0.232 e. The molecule has 3 unspecified atom stereocenters. The zero-order valence-corrected chi connectivity index (χ0v) is 18.0. The van der Waals surface area contributed by atoms with E-state index in [-0.39, 0.29) is 18.2 Å². The van der Waals surface area contributed by atoms with Crippen molar-refractivity contribution < 1.29 is 9.90 Å². The molecule has 0 aliphatic heterocycles. The van der Waals surface area contributed by atoms with Crippen LogP contribution in [-0.2, 0) is 17.8 Å². The van der Waals surface area contributed by atoms with Crippen molar-refractivity contribution in [3.05, 3.63) is 83.3 Å². The monoisotopic (exact) mass is 431 g/mol. The molecule has 3 aromatic rings. The lowest BCUT2D eigenvalue weighted by atomic mass is 10.0. The molecule has 1 heterocycles. The Morgan fingerprint density at radius 2 is 1.81 bits per heavy atom. The van der Waals surface area contributed by atoms with Gasteiger partial charge in [0.1, 0.15) is 0 Å². The van der Waals surface area contributed by atoms with Gasteiger partial charge in [-0.3, -0.25) is 4.79 Å². The van der Waals surface area contributed by atoms with E-state index in [0.29, 0.717) is 34.4 Å². The van der Waals surface area contributed by atoms with Crippen molar-refractivity contribution in [2.45, 2.75) is 31.8 Å². The lowest BCUT2D eigenvalue weighted by Gasteiger charge is -2.23. The van der Waals surface area contributed by atoms with E-state index in [1.54, 1.807) is 4.90 Å². The minimum Gasteiger partial charge on any atom is -0.492 e. The van der Waals surface area contributed by atoms with Crippen LogP contribution in [0.1, 0.15) is 23.3 Å². The molecular formula is C25H25N3O2S. The molecular weight excluding hydrogens is 406 g/mol. The predicted molar refractivity (Wildman–Crippen MR) is 124 cm³/mol. The van der Waals surface area contributed by atoms with Gasteiger partial charge >= 0.3 is 0 Å². The van der Waals surface area contributed by atoms with Crippen LogP contribution in [-0.4, -0.2) is 22.0 Å². The molecule has 3 atom stereocenters. The van der Waals surface area contributed by atoms with Gasteiger partial charge in [-0.25, -0.2) is 0 Å². The number of carbonyl (C=O) groups is 1. The van der Waals surface area contributed by atoms with Crippen molar-refractivity contribution in [1.29, 1.82) is 0 Å². The second kappa shape index (κ2) is 8.55. The Morgan fingerprint density at radius 1 is 1.06 bits per heavy atom. The van der Waals surface area contributed by atoms with Crippen molar-refractivity contribution >= 4 is 28.1 Å². The Balaban J connectivity index is 1.32. The molecule has 0 spiro atoms. The maximum atomic E-state index is 13.3. The van der Waals surface area contributed by atoms with Crippen molar-refractivity contribution in [3.8, 4) is 5.88 Å². The van der Waals surface area contributed by atoms with E-state index in [1.165, 1.54) is 17.8 Å². The van der Waals surface area contributed by atoms with Crippen LogP contribution in [0.25, 0.3) is 0 Å². The minimum absolute atomic E-state index is 0.0488. The van der Waals surface area contributed by atoms with Crippen LogP contribution in [0.5, 0.6) is 5.88 Å². The molecule has 1 fully saturated rings. The second-order valence-electron chi connectivity index (χ2n) is 8.27. The standard InChI is InChI=1S/C25H25N3O2S/c29-23(28(20-9-5-2-6-10-20)16-17-7-3-1-4-8-17)15-22-24(30)27-25(31-22)26-21-14-18-11-12-19(21)13-18/h1-12,18-19,21,30H,13-16H2,(H,26,27). The first-order chi connectivity index (χ1) is 15.2. The number of thiazole rings is 1. The summed E-state index contributed by atoms with van der Waals surface area (Å²) in [5.74, 6) is 1.09. The van der Waals surface area contributed by atoms with Crippen LogP contribution >= 0.6 is 11.3 Å². The first kappa shape index (κ1) is 19.8. The average molecular weight is 432 g/mol. The smallest absolute Gasteiger partial charge is 0.232 e. The van der Waals surface area contributed by atoms with Gasteiger partial charge < -0.3 is 15.3 Å². The van der Waals surface area contributed by atoms with Crippen molar-refractivity contribution in [2.75, 3.05) is 10.2 Å². The Labute approximate surface area is 186 Å². The summed E-state index contributed by atoms with van der Waals surface area (Å²) in [6, 6.07) is 20.0. The predicted octanol–water partition coefficient (Wildman–Crippen LogP) is 5.00. The Bertz CT molecular complexity index is 1080. The van der Waals surface area contributed by atoms with Gasteiger partial charge in [0.15, 0.2) is 5.13 Å². The number of rotatable bonds is 7. The van der Waals surface area contributed by atoms with Gasteiger partial charge in [0.25, 0.3) is 0 Å². The summed E-state index contributed by atoms with van der Waals surface area (Å²) in [4.78, 5) is 20.0. The number of carbonyl (C=O) groups excluding carboxylic acids is 1. The number of aromatic hydroxyl groups is 1. The van der Waals surface area contributed by atoms with Gasteiger partial charge in [0.05, 0.1) is 17.8 Å². The lowest BCUT2D eigenvalue weighted by Crippen LogP contribution is -2.31. The van der Waals surface area contributed by atoms with Crippen LogP contribution < -0.4 is 10.2 Å². The molecule has 158 valence electrons. The number of anilines is 2. The molecule has 1 aromatic heterocycles. The number of benzene rings is 2. The summed E-state index contributed by atoms with van der Waals surface area (Å²) in [5.41, 5.74) is 1.90. The normalized spacial score (nSPS) is 21.4. The molecule has 5 rings (SSSR count). The number of nitrogens with zero attached hydrogens (tertiary/aromatic N) is 2. The van der Waals surface area contributed by atoms with E-state index >= 15 is 0 Å². The first-order valence-corrected chi connectivity index (χ1v) is 11.5. The molecule has 2 aromatic carbocycles. The van der Waals surface area contributed by atoms with Gasteiger partial charge in [-0.05, 0) is 42.4 Å². The zero-order valence-electron chi connectivity index (χ0n) is 17.1. The van der Waals surface area contributed by atoms with Crippen molar-refractivity contribution in [3.63, 3.8) is 0 Å². The number of amides is 1. The molecule has 2 aliphatic rings. The molecule has 31 heavy (non-hydrogen) atoms. The lowest BCUT2D eigenvalue weighted by molar-refractivity contribution is -0.118. The van der Waals surface area contributed by atoms with Crippen LogP contribution in [0.4, 0.5) is 10.8 Å². The van der Waals surface area contributed by atoms with E-state index in [0.717, 1.165) is 17.7 Å². The van der Waals surface area contributed by atoms with Crippen molar-refractivity contribution in [2.24, 2.45) is 11.8 Å². The summed E-state index contributed by atoms with van der Waals surface area (Å²) < 4.78 is 0. The highest BCUT2D eigenvalue weighted by molar-refractivity contribution is 7.16. The van der Waals surface area contributed by atoms with Crippen molar-refractivity contribution in [1.82, 2.24) is 4.98 Å². The third-order valence-corrected chi connectivity index (χ3v) is 7.10. The van der Waals surface area contributed by atoms with Gasteiger partial charge in [-0.2, -0.15) is 4.98 Å². The second-order valence-corrected chi connectivity index (χ2v) is 9.36. The van der Waals surface area contributed by atoms with E-state index in [1.807, 2.05) is 60.7 Å². The van der Waals surface area contributed by atoms with E-state index in [4.69, 9.17) is 0 Å². The van der Waals surface area contributed by atoms with Crippen LogP contribution in [0.3, 0.4) is 0 Å². The third-order valence-electron chi connectivity index (χ3n) is 6.13. The van der Waals surface area contributed by atoms with Gasteiger partial charge in [-0.15, -0.1) is 0 Å². The number of hydrogen-bond donors (Lipinski definition) is 2. The molecule has 1 saturated carbocycles. The van der Waals surface area contributed by atoms with Crippen LogP contribution in [0, 0.1) is 11.8 Å². The van der Waals surface area contributed by atoms with Crippen LogP contribution in [0.15, 0.2) is 72.8 Å². The van der Waals surface area contributed by atoms with E-state index in [2.05, 4.69) is 22.5 Å². The topological polar surface area (TPSA) is 65.5 Å². The fourth-order valence-electron chi connectivity index (χ4n) is 4.56. The maximum absolute atomic E-state index is 13.3. The molecule has 6 heteroatoms. The summed E-state index contributed by atoms with van der Waals surface area (Å²) in [6.07, 6.45) is 7.01.